The van der Waals surface area contributed by atoms with E-state index in [1.165, 1.54) is 4.90 Å². The predicted molar refractivity (Wildman–Crippen MR) is 86.2 cm³/mol. The molecule has 1 atom stereocenters. The Bertz CT molecular complexity index is 729. The molecule has 1 unspecified atom stereocenters. The lowest BCUT2D eigenvalue weighted by molar-refractivity contribution is 0.0519. The second-order valence-electron chi connectivity index (χ2n) is 5.70. The zero-order valence-corrected chi connectivity index (χ0v) is 13.2. The van der Waals surface area contributed by atoms with E-state index in [-0.39, 0.29) is 23.3 Å². The summed E-state index contributed by atoms with van der Waals surface area (Å²) in [5.74, 6) is 1.15. The fourth-order valence-corrected chi connectivity index (χ4v) is 2.57. The molecule has 5 nitrogen and oxygen atoms in total. The largest absolute Gasteiger partial charge is 0.507 e. The lowest BCUT2D eigenvalue weighted by atomic mass is 10.1. The van der Waals surface area contributed by atoms with Crippen molar-refractivity contribution in [2.24, 2.45) is 0 Å². The quantitative estimate of drug-likeness (QED) is 0.946. The molecule has 3 rings (SSSR count). The number of benzene rings is 2. The second-order valence-corrected chi connectivity index (χ2v) is 5.70. The van der Waals surface area contributed by atoms with Crippen molar-refractivity contribution in [2.75, 3.05) is 20.2 Å². The van der Waals surface area contributed by atoms with Crippen molar-refractivity contribution in [2.45, 2.75) is 13.0 Å². The molecule has 0 aliphatic carbocycles. The SMILES string of the molecule is Cc1ccc(C(=O)N(C)CC2COc3ccccc3O2)c(O)c1. The van der Waals surface area contributed by atoms with E-state index in [4.69, 9.17) is 9.47 Å². The average Bonchev–Trinajstić information content (AvgIpc) is 2.54. The van der Waals surface area contributed by atoms with E-state index in [9.17, 15) is 9.90 Å². The molecule has 2 aromatic carbocycles. The van der Waals surface area contributed by atoms with Crippen LogP contribution in [0.25, 0.3) is 0 Å². The maximum atomic E-state index is 12.5. The first-order valence-electron chi connectivity index (χ1n) is 7.48. The molecule has 23 heavy (non-hydrogen) atoms. The van der Waals surface area contributed by atoms with Crippen molar-refractivity contribution < 1.29 is 19.4 Å². The van der Waals surface area contributed by atoms with Gasteiger partial charge in [0, 0.05) is 7.05 Å². The molecule has 1 heterocycles. The number of para-hydroxylation sites is 2. The number of hydrogen-bond donors (Lipinski definition) is 1. The number of ether oxygens (including phenoxy) is 2. The van der Waals surface area contributed by atoms with Crippen LogP contribution in [0.5, 0.6) is 17.2 Å². The van der Waals surface area contributed by atoms with Gasteiger partial charge >= 0.3 is 0 Å². The van der Waals surface area contributed by atoms with Crippen LogP contribution in [-0.4, -0.2) is 42.2 Å². The Morgan fingerprint density at radius 1 is 1.26 bits per heavy atom. The monoisotopic (exact) mass is 313 g/mol. The highest BCUT2D eigenvalue weighted by Gasteiger charge is 2.25. The molecule has 0 saturated carbocycles. The predicted octanol–water partition coefficient (Wildman–Crippen LogP) is 2.61. The number of amides is 1. The van der Waals surface area contributed by atoms with E-state index in [0.29, 0.717) is 24.7 Å². The van der Waals surface area contributed by atoms with Gasteiger partial charge in [0.05, 0.1) is 12.1 Å². The maximum absolute atomic E-state index is 12.5. The van der Waals surface area contributed by atoms with E-state index < -0.39 is 0 Å². The third kappa shape index (κ3) is 3.23. The standard InChI is InChI=1S/C18H19NO4/c1-12-7-8-14(15(20)9-12)18(21)19(2)10-13-11-22-16-5-3-4-6-17(16)23-13/h3-9,13,20H,10-11H2,1-2H3. The number of phenols is 1. The summed E-state index contributed by atoms with van der Waals surface area (Å²) in [6, 6.07) is 12.5. The van der Waals surface area contributed by atoms with Gasteiger partial charge in [0.25, 0.3) is 5.91 Å². The van der Waals surface area contributed by atoms with E-state index >= 15 is 0 Å². The number of nitrogens with zero attached hydrogens (tertiary/aromatic N) is 1. The number of carbonyl (C=O) groups excluding carboxylic acids is 1. The minimum atomic E-state index is -0.245. The van der Waals surface area contributed by atoms with Gasteiger partial charge < -0.3 is 19.5 Å². The van der Waals surface area contributed by atoms with Crippen molar-refractivity contribution in [1.82, 2.24) is 4.90 Å². The van der Waals surface area contributed by atoms with Crippen LogP contribution in [0.1, 0.15) is 15.9 Å². The third-order valence-corrected chi connectivity index (χ3v) is 3.78. The van der Waals surface area contributed by atoms with Gasteiger partial charge in [-0.15, -0.1) is 0 Å². The first-order valence-corrected chi connectivity index (χ1v) is 7.48. The molecule has 0 aromatic heterocycles. The number of phenolic OH excluding ortho intramolecular Hbond substituents is 1. The van der Waals surface area contributed by atoms with Crippen LogP contribution >= 0.6 is 0 Å². The molecule has 0 radical (unpaired) electrons. The van der Waals surface area contributed by atoms with Gasteiger partial charge in [0.2, 0.25) is 0 Å². The highest BCUT2D eigenvalue weighted by atomic mass is 16.6. The number of aromatic hydroxyl groups is 1. The summed E-state index contributed by atoms with van der Waals surface area (Å²) in [7, 11) is 1.69. The molecular formula is C18H19NO4. The zero-order valence-electron chi connectivity index (χ0n) is 13.2. The van der Waals surface area contributed by atoms with Crippen LogP contribution in [0.4, 0.5) is 0 Å². The third-order valence-electron chi connectivity index (χ3n) is 3.78. The van der Waals surface area contributed by atoms with E-state index in [1.807, 2.05) is 31.2 Å². The van der Waals surface area contributed by atoms with Crippen LogP contribution in [0.3, 0.4) is 0 Å². The first-order chi connectivity index (χ1) is 11.0. The van der Waals surface area contributed by atoms with E-state index in [2.05, 4.69) is 0 Å². The molecule has 5 heteroatoms. The Morgan fingerprint density at radius 2 is 2.00 bits per heavy atom. The zero-order chi connectivity index (χ0) is 16.4. The molecule has 0 spiro atoms. The van der Waals surface area contributed by atoms with Gasteiger partial charge in [-0.25, -0.2) is 0 Å². The molecule has 0 fully saturated rings. The van der Waals surface area contributed by atoms with Gasteiger partial charge in [-0.3, -0.25) is 4.79 Å². The van der Waals surface area contributed by atoms with Crippen molar-refractivity contribution in [3.8, 4) is 17.2 Å². The average molecular weight is 313 g/mol. The number of aryl methyl sites for hydroxylation is 1. The number of likely N-dealkylation sites (N-methyl/N-ethyl adjacent to an activating group) is 1. The summed E-state index contributed by atoms with van der Waals surface area (Å²) in [5, 5.41) is 9.94. The van der Waals surface area contributed by atoms with Crippen molar-refractivity contribution in [3.05, 3.63) is 53.6 Å². The highest BCUT2D eigenvalue weighted by Crippen LogP contribution is 2.31. The van der Waals surface area contributed by atoms with Gasteiger partial charge in [0.1, 0.15) is 12.4 Å². The Balaban J connectivity index is 1.67. The topological polar surface area (TPSA) is 59.0 Å². The molecule has 1 N–H and O–H groups in total. The van der Waals surface area contributed by atoms with Crippen LogP contribution in [-0.2, 0) is 0 Å². The fourth-order valence-electron chi connectivity index (χ4n) is 2.57. The molecule has 0 saturated heterocycles. The Kier molecular flexibility index (Phi) is 4.10. The molecule has 0 bridgehead atoms. The molecule has 120 valence electrons. The van der Waals surface area contributed by atoms with Gasteiger partial charge in [0.15, 0.2) is 17.6 Å². The number of hydrogen-bond acceptors (Lipinski definition) is 4. The summed E-state index contributed by atoms with van der Waals surface area (Å²) in [6.07, 6.45) is -0.244. The van der Waals surface area contributed by atoms with Crippen LogP contribution in [0.15, 0.2) is 42.5 Å². The fraction of sp³-hybridized carbons (Fsp3) is 0.278. The summed E-state index contributed by atoms with van der Waals surface area (Å²) in [5.41, 5.74) is 1.19. The molecule has 2 aromatic rings. The van der Waals surface area contributed by atoms with Crippen molar-refractivity contribution in [1.29, 1.82) is 0 Å². The van der Waals surface area contributed by atoms with Gasteiger partial charge in [-0.2, -0.15) is 0 Å². The summed E-state index contributed by atoms with van der Waals surface area (Å²) in [4.78, 5) is 14.0. The first kappa shape index (κ1) is 15.2. The summed E-state index contributed by atoms with van der Waals surface area (Å²) >= 11 is 0. The summed E-state index contributed by atoms with van der Waals surface area (Å²) in [6.45, 7) is 2.62. The minimum absolute atomic E-state index is 0.00647. The van der Waals surface area contributed by atoms with E-state index in [1.54, 1.807) is 25.2 Å². The Hall–Kier alpha value is -2.69. The van der Waals surface area contributed by atoms with Crippen molar-refractivity contribution in [3.63, 3.8) is 0 Å². The Labute approximate surface area is 135 Å². The second kappa shape index (κ2) is 6.20. The smallest absolute Gasteiger partial charge is 0.257 e. The van der Waals surface area contributed by atoms with Crippen LogP contribution in [0, 0.1) is 6.92 Å². The highest BCUT2D eigenvalue weighted by molar-refractivity contribution is 5.96. The number of rotatable bonds is 3. The molecule has 1 amide bonds. The maximum Gasteiger partial charge on any atom is 0.257 e. The molecular weight excluding hydrogens is 294 g/mol. The van der Waals surface area contributed by atoms with Gasteiger partial charge in [-0.05, 0) is 36.8 Å². The number of carbonyl (C=O) groups is 1. The van der Waals surface area contributed by atoms with Gasteiger partial charge in [-0.1, -0.05) is 18.2 Å². The normalized spacial score (nSPS) is 16.0. The van der Waals surface area contributed by atoms with Crippen molar-refractivity contribution >= 4 is 5.91 Å². The van der Waals surface area contributed by atoms with Crippen LogP contribution in [0.2, 0.25) is 0 Å². The molecule has 1 aliphatic rings. The lowest BCUT2D eigenvalue weighted by Gasteiger charge is -2.29. The van der Waals surface area contributed by atoms with Crippen LogP contribution < -0.4 is 9.47 Å². The summed E-state index contributed by atoms with van der Waals surface area (Å²) < 4.78 is 11.5. The number of fused-ring (bicyclic) bond motifs is 1. The lowest BCUT2D eigenvalue weighted by Crippen LogP contribution is -2.41. The molecule has 1 aliphatic heterocycles. The minimum Gasteiger partial charge on any atom is -0.507 e. The van der Waals surface area contributed by atoms with E-state index in [0.717, 1.165) is 5.56 Å². The Morgan fingerprint density at radius 3 is 2.74 bits per heavy atom.